The van der Waals surface area contributed by atoms with Crippen LogP contribution >= 0.6 is 0 Å². The summed E-state index contributed by atoms with van der Waals surface area (Å²) in [5.74, 6) is 0.924. The Kier molecular flexibility index (Phi) is 5.20. The van der Waals surface area contributed by atoms with Gasteiger partial charge in [0.15, 0.2) is 11.6 Å². The van der Waals surface area contributed by atoms with Gasteiger partial charge in [-0.1, -0.05) is 19.4 Å². The Morgan fingerprint density at radius 3 is 2.95 bits per heavy atom. The van der Waals surface area contributed by atoms with Crippen LogP contribution in [-0.2, 0) is 6.42 Å². The number of ether oxygens (including phenoxy) is 1. The van der Waals surface area contributed by atoms with Gasteiger partial charge in [-0.05, 0) is 55.8 Å². The van der Waals surface area contributed by atoms with E-state index in [9.17, 15) is 4.39 Å². The number of hydrogen-bond donors (Lipinski definition) is 1. The van der Waals surface area contributed by atoms with Crippen LogP contribution in [0, 0.1) is 11.7 Å². The molecule has 2 atom stereocenters. The van der Waals surface area contributed by atoms with Crippen LogP contribution in [-0.4, -0.2) is 19.7 Å². The van der Waals surface area contributed by atoms with Crippen LogP contribution in [0.2, 0.25) is 0 Å². The lowest BCUT2D eigenvalue weighted by Gasteiger charge is -2.29. The molecule has 1 N–H and O–H groups in total. The molecule has 0 amide bonds. The largest absolute Gasteiger partial charge is 0.494 e. The summed E-state index contributed by atoms with van der Waals surface area (Å²) in [6, 6.07) is 5.86. The molecule has 0 radical (unpaired) electrons. The molecule has 1 aliphatic rings. The Labute approximate surface area is 115 Å². The molecule has 1 aromatic rings. The van der Waals surface area contributed by atoms with Crippen molar-refractivity contribution in [3.05, 3.63) is 29.6 Å². The highest BCUT2D eigenvalue weighted by Gasteiger charge is 2.19. The first-order valence-electron chi connectivity index (χ1n) is 7.28. The molecule has 1 fully saturated rings. The second-order valence-corrected chi connectivity index (χ2v) is 5.46. The highest BCUT2D eigenvalue weighted by Crippen LogP contribution is 2.23. The molecule has 1 aliphatic heterocycles. The van der Waals surface area contributed by atoms with Crippen LogP contribution in [0.1, 0.15) is 38.2 Å². The van der Waals surface area contributed by atoms with Gasteiger partial charge in [0, 0.05) is 6.04 Å². The highest BCUT2D eigenvalue weighted by atomic mass is 19.1. The maximum Gasteiger partial charge on any atom is 0.165 e. The smallest absolute Gasteiger partial charge is 0.165 e. The summed E-state index contributed by atoms with van der Waals surface area (Å²) >= 11 is 0. The number of aryl methyl sites for hydroxylation is 1. The fraction of sp³-hybridized carbons (Fsp3) is 0.625. The minimum absolute atomic E-state index is 0.261. The molecule has 2 nitrogen and oxygen atoms in total. The van der Waals surface area contributed by atoms with E-state index in [0.29, 0.717) is 11.8 Å². The fourth-order valence-electron chi connectivity index (χ4n) is 2.89. The van der Waals surface area contributed by atoms with Crippen LogP contribution < -0.4 is 10.1 Å². The van der Waals surface area contributed by atoms with E-state index in [1.54, 1.807) is 12.1 Å². The normalized spacial score (nSPS) is 23.3. The molecule has 19 heavy (non-hydrogen) atoms. The van der Waals surface area contributed by atoms with Crippen LogP contribution in [0.4, 0.5) is 4.39 Å². The number of nitrogens with one attached hydrogen (secondary N) is 1. The molecule has 0 aliphatic carbocycles. The topological polar surface area (TPSA) is 21.3 Å². The Balaban J connectivity index is 1.86. The lowest BCUT2D eigenvalue weighted by atomic mass is 9.88. The molecule has 0 aromatic heterocycles. The minimum atomic E-state index is -0.261. The van der Waals surface area contributed by atoms with Crippen LogP contribution in [0.5, 0.6) is 5.75 Å². The molecule has 3 heteroatoms. The maximum atomic E-state index is 13.6. The third-order valence-electron chi connectivity index (χ3n) is 4.18. The van der Waals surface area contributed by atoms with Gasteiger partial charge in [-0.25, -0.2) is 4.39 Å². The van der Waals surface area contributed by atoms with Crippen molar-refractivity contribution in [1.29, 1.82) is 0 Å². The van der Waals surface area contributed by atoms with Crippen molar-refractivity contribution in [2.45, 2.75) is 45.1 Å². The number of halogens is 1. The van der Waals surface area contributed by atoms with Crippen molar-refractivity contribution in [1.82, 2.24) is 5.32 Å². The molecule has 0 saturated carbocycles. The standard InChI is InChI=1S/C16H24FNO/c1-3-12-8-9-18-14(10-12)6-4-13-5-7-16(19-2)15(17)11-13/h5,7,11-12,14,18H,3-4,6,8-10H2,1-2H3. The van der Waals surface area contributed by atoms with Crippen molar-refractivity contribution in [3.8, 4) is 5.75 Å². The van der Waals surface area contributed by atoms with Gasteiger partial charge >= 0.3 is 0 Å². The van der Waals surface area contributed by atoms with E-state index in [0.717, 1.165) is 30.9 Å². The summed E-state index contributed by atoms with van der Waals surface area (Å²) in [5, 5.41) is 3.57. The molecule has 1 saturated heterocycles. The van der Waals surface area contributed by atoms with E-state index in [4.69, 9.17) is 4.74 Å². The number of piperidine rings is 1. The van der Waals surface area contributed by atoms with E-state index in [1.807, 2.05) is 6.07 Å². The first-order chi connectivity index (χ1) is 9.22. The average Bonchev–Trinajstić information content (AvgIpc) is 2.45. The predicted octanol–water partition coefficient (Wildman–Crippen LogP) is 3.55. The quantitative estimate of drug-likeness (QED) is 0.879. The van der Waals surface area contributed by atoms with Crippen molar-refractivity contribution in [2.24, 2.45) is 5.92 Å². The van der Waals surface area contributed by atoms with Gasteiger partial charge in [-0.2, -0.15) is 0 Å². The molecular formula is C16H24FNO. The predicted molar refractivity (Wildman–Crippen MR) is 76.1 cm³/mol. The van der Waals surface area contributed by atoms with Gasteiger partial charge < -0.3 is 10.1 Å². The first-order valence-corrected chi connectivity index (χ1v) is 7.28. The molecule has 2 rings (SSSR count). The van der Waals surface area contributed by atoms with Gasteiger partial charge in [0.05, 0.1) is 7.11 Å². The Bertz CT molecular complexity index is 408. The zero-order chi connectivity index (χ0) is 13.7. The summed E-state index contributed by atoms with van der Waals surface area (Å²) in [6.07, 6.45) is 5.84. The van der Waals surface area contributed by atoms with E-state index >= 15 is 0 Å². The van der Waals surface area contributed by atoms with Crippen molar-refractivity contribution < 1.29 is 9.13 Å². The second kappa shape index (κ2) is 6.90. The van der Waals surface area contributed by atoms with Crippen LogP contribution in [0.25, 0.3) is 0 Å². The molecule has 1 heterocycles. The minimum Gasteiger partial charge on any atom is -0.494 e. The second-order valence-electron chi connectivity index (χ2n) is 5.46. The van der Waals surface area contributed by atoms with E-state index in [2.05, 4.69) is 12.2 Å². The van der Waals surface area contributed by atoms with Crippen molar-refractivity contribution >= 4 is 0 Å². The van der Waals surface area contributed by atoms with Gasteiger partial charge in [0.25, 0.3) is 0 Å². The van der Waals surface area contributed by atoms with E-state index < -0.39 is 0 Å². The average molecular weight is 265 g/mol. The molecular weight excluding hydrogens is 241 g/mol. The van der Waals surface area contributed by atoms with Gasteiger partial charge in [-0.3, -0.25) is 0 Å². The summed E-state index contributed by atoms with van der Waals surface area (Å²) in [7, 11) is 1.49. The molecule has 106 valence electrons. The SMILES string of the molecule is CCC1CCNC(CCc2ccc(OC)c(F)c2)C1. The number of hydrogen-bond acceptors (Lipinski definition) is 2. The Hall–Kier alpha value is -1.09. The number of rotatable bonds is 5. The summed E-state index contributed by atoms with van der Waals surface area (Å²) in [4.78, 5) is 0. The van der Waals surface area contributed by atoms with E-state index in [-0.39, 0.29) is 5.82 Å². The molecule has 0 bridgehead atoms. The fourth-order valence-corrected chi connectivity index (χ4v) is 2.89. The van der Waals surface area contributed by atoms with Gasteiger partial charge in [0.1, 0.15) is 0 Å². The third-order valence-corrected chi connectivity index (χ3v) is 4.18. The zero-order valence-corrected chi connectivity index (χ0v) is 11.9. The maximum absolute atomic E-state index is 13.6. The highest BCUT2D eigenvalue weighted by molar-refractivity contribution is 5.29. The first kappa shape index (κ1) is 14.3. The van der Waals surface area contributed by atoms with Crippen LogP contribution in [0.15, 0.2) is 18.2 Å². The monoisotopic (exact) mass is 265 g/mol. The molecule has 2 unspecified atom stereocenters. The number of methoxy groups -OCH3 is 1. The lowest BCUT2D eigenvalue weighted by molar-refractivity contribution is 0.285. The lowest BCUT2D eigenvalue weighted by Crippen LogP contribution is -2.38. The number of benzene rings is 1. The summed E-state index contributed by atoms with van der Waals surface area (Å²) in [6.45, 7) is 3.39. The zero-order valence-electron chi connectivity index (χ0n) is 11.9. The molecule has 1 aromatic carbocycles. The summed E-state index contributed by atoms with van der Waals surface area (Å²) < 4.78 is 18.5. The van der Waals surface area contributed by atoms with Gasteiger partial charge in [-0.15, -0.1) is 0 Å². The van der Waals surface area contributed by atoms with Crippen LogP contribution in [0.3, 0.4) is 0 Å². The molecule has 0 spiro atoms. The summed E-state index contributed by atoms with van der Waals surface area (Å²) in [5.41, 5.74) is 1.05. The Morgan fingerprint density at radius 2 is 2.26 bits per heavy atom. The Morgan fingerprint density at radius 1 is 1.42 bits per heavy atom. The van der Waals surface area contributed by atoms with Gasteiger partial charge in [0.2, 0.25) is 0 Å². The van der Waals surface area contributed by atoms with E-state index in [1.165, 1.54) is 26.4 Å². The van der Waals surface area contributed by atoms with Crippen molar-refractivity contribution in [3.63, 3.8) is 0 Å². The third kappa shape index (κ3) is 3.93. The van der Waals surface area contributed by atoms with Crippen molar-refractivity contribution in [2.75, 3.05) is 13.7 Å².